The molecule has 0 aliphatic carbocycles. The fourth-order valence-electron chi connectivity index (χ4n) is 6.08. The van der Waals surface area contributed by atoms with E-state index in [2.05, 4.69) is 94.5 Å². The summed E-state index contributed by atoms with van der Waals surface area (Å²) in [5, 5.41) is 24.8. The van der Waals surface area contributed by atoms with E-state index in [1.165, 1.54) is 0 Å². The number of hydrogen-bond donors (Lipinski definition) is 4. The molecule has 0 fully saturated rings. The van der Waals surface area contributed by atoms with Crippen LogP contribution in [0.25, 0.3) is 0 Å². The van der Waals surface area contributed by atoms with Gasteiger partial charge in [0.2, 0.25) is 5.91 Å². The molecule has 2 atom stereocenters. The highest BCUT2D eigenvalue weighted by Crippen LogP contribution is 2.59. The van der Waals surface area contributed by atoms with Gasteiger partial charge in [-0.15, -0.1) is 0 Å². The fraction of sp³-hybridized carbons (Fsp3) is 0.606. The lowest BCUT2D eigenvalue weighted by molar-refractivity contribution is -0.134. The van der Waals surface area contributed by atoms with Gasteiger partial charge in [-0.05, 0) is 56.0 Å². The van der Waals surface area contributed by atoms with Crippen molar-refractivity contribution >= 4 is 5.91 Å². The summed E-state index contributed by atoms with van der Waals surface area (Å²) >= 11 is 0. The number of carbonyl (C=O) groups is 1. The molecule has 2 aromatic carbocycles. The predicted octanol–water partition coefficient (Wildman–Crippen LogP) is 6.88. The molecule has 0 aliphatic rings. The molecule has 0 aromatic heterocycles. The van der Waals surface area contributed by atoms with Crippen molar-refractivity contribution in [3.05, 3.63) is 58.7 Å². The Hall–Kier alpha value is -2.53. The number of phenolic OH excluding ortho intramolecular Hbond substituents is 2. The third-order valence-electron chi connectivity index (χ3n) is 7.69. The number of phenols is 2. The standard InChI is InChI=1S/C33H52N2O3/c1-29(2,3)23-19-21(13-15-25(23)36)27(31(7,8)9)33(32(10,11)12,28(38)35-18-17-34)22-14-16-26(37)24(20-22)30(4,5)6/h13-16,19-20,27,36-37H,17-18,34H2,1-12H3,(H,35,38). The summed E-state index contributed by atoms with van der Waals surface area (Å²) in [4.78, 5) is 14.6. The van der Waals surface area contributed by atoms with Gasteiger partial charge in [-0.2, -0.15) is 0 Å². The summed E-state index contributed by atoms with van der Waals surface area (Å²) < 4.78 is 0. The summed E-state index contributed by atoms with van der Waals surface area (Å²) in [6.07, 6.45) is 0. The topological polar surface area (TPSA) is 95.6 Å². The number of nitrogens with two attached hydrogens (primary N) is 1. The first-order chi connectivity index (χ1) is 17.1. The van der Waals surface area contributed by atoms with Crippen molar-refractivity contribution in [2.24, 2.45) is 16.6 Å². The van der Waals surface area contributed by atoms with Crippen molar-refractivity contribution < 1.29 is 15.0 Å². The zero-order chi connectivity index (χ0) is 29.5. The molecule has 38 heavy (non-hydrogen) atoms. The Labute approximate surface area is 231 Å². The van der Waals surface area contributed by atoms with Gasteiger partial charge in [0.1, 0.15) is 11.5 Å². The predicted molar refractivity (Wildman–Crippen MR) is 159 cm³/mol. The molecule has 0 bridgehead atoms. The monoisotopic (exact) mass is 524 g/mol. The van der Waals surface area contributed by atoms with Crippen LogP contribution in [-0.4, -0.2) is 29.2 Å². The minimum Gasteiger partial charge on any atom is -0.508 e. The van der Waals surface area contributed by atoms with Gasteiger partial charge in [0, 0.05) is 19.0 Å². The van der Waals surface area contributed by atoms with Crippen LogP contribution in [0.3, 0.4) is 0 Å². The Morgan fingerprint density at radius 3 is 1.68 bits per heavy atom. The molecule has 0 spiro atoms. The summed E-state index contributed by atoms with van der Waals surface area (Å²) in [5.41, 5.74) is 6.77. The Kier molecular flexibility index (Phi) is 8.81. The molecule has 212 valence electrons. The van der Waals surface area contributed by atoms with Gasteiger partial charge in [0.05, 0.1) is 5.41 Å². The Morgan fingerprint density at radius 1 is 0.789 bits per heavy atom. The average Bonchev–Trinajstić information content (AvgIpc) is 2.73. The zero-order valence-corrected chi connectivity index (χ0v) is 25.8. The fourth-order valence-corrected chi connectivity index (χ4v) is 6.08. The van der Waals surface area contributed by atoms with E-state index < -0.39 is 10.8 Å². The largest absolute Gasteiger partial charge is 0.508 e. The molecular formula is C33H52N2O3. The number of aromatic hydroxyl groups is 2. The maximum Gasteiger partial charge on any atom is 0.231 e. The van der Waals surface area contributed by atoms with E-state index >= 15 is 0 Å². The third-order valence-corrected chi connectivity index (χ3v) is 7.69. The van der Waals surface area contributed by atoms with Crippen LogP contribution in [0.15, 0.2) is 36.4 Å². The first-order valence-corrected chi connectivity index (χ1v) is 13.8. The van der Waals surface area contributed by atoms with E-state index in [1.54, 1.807) is 12.1 Å². The first kappa shape index (κ1) is 31.7. The molecule has 5 N–H and O–H groups in total. The zero-order valence-electron chi connectivity index (χ0n) is 25.8. The van der Waals surface area contributed by atoms with Gasteiger partial charge in [0.15, 0.2) is 0 Å². The van der Waals surface area contributed by atoms with Crippen molar-refractivity contribution in [3.63, 3.8) is 0 Å². The van der Waals surface area contributed by atoms with Crippen molar-refractivity contribution in [3.8, 4) is 11.5 Å². The smallest absolute Gasteiger partial charge is 0.231 e. The van der Waals surface area contributed by atoms with Gasteiger partial charge in [-0.3, -0.25) is 4.79 Å². The molecule has 0 radical (unpaired) electrons. The van der Waals surface area contributed by atoms with E-state index in [0.717, 1.165) is 22.3 Å². The molecule has 5 heteroatoms. The molecule has 0 saturated carbocycles. The third kappa shape index (κ3) is 6.03. The van der Waals surface area contributed by atoms with Crippen LogP contribution in [0.1, 0.15) is 111 Å². The number of carbonyl (C=O) groups excluding carboxylic acids is 1. The lowest BCUT2D eigenvalue weighted by Crippen LogP contribution is -2.59. The number of benzene rings is 2. The Morgan fingerprint density at radius 2 is 1.26 bits per heavy atom. The number of amides is 1. The highest BCUT2D eigenvalue weighted by Gasteiger charge is 2.59. The Balaban J connectivity index is 3.15. The highest BCUT2D eigenvalue weighted by molar-refractivity contribution is 5.91. The van der Waals surface area contributed by atoms with E-state index in [1.807, 2.05) is 18.2 Å². The quantitative estimate of drug-likeness (QED) is 0.331. The number of nitrogens with one attached hydrogen (secondary N) is 1. The van der Waals surface area contributed by atoms with Gasteiger partial charge in [-0.1, -0.05) is 107 Å². The molecule has 0 heterocycles. The van der Waals surface area contributed by atoms with Crippen molar-refractivity contribution in [2.45, 2.75) is 105 Å². The van der Waals surface area contributed by atoms with Crippen LogP contribution in [0.4, 0.5) is 0 Å². The van der Waals surface area contributed by atoms with Crippen LogP contribution in [-0.2, 0) is 21.0 Å². The molecule has 2 unspecified atom stereocenters. The Bertz CT molecular complexity index is 1140. The minimum atomic E-state index is -1.04. The van der Waals surface area contributed by atoms with Crippen LogP contribution in [0.2, 0.25) is 0 Å². The molecule has 1 amide bonds. The van der Waals surface area contributed by atoms with Crippen LogP contribution < -0.4 is 11.1 Å². The van der Waals surface area contributed by atoms with E-state index in [4.69, 9.17) is 5.73 Å². The van der Waals surface area contributed by atoms with Gasteiger partial charge in [-0.25, -0.2) is 0 Å². The molecule has 0 saturated heterocycles. The first-order valence-electron chi connectivity index (χ1n) is 13.8. The van der Waals surface area contributed by atoms with Crippen molar-refractivity contribution in [1.29, 1.82) is 0 Å². The van der Waals surface area contributed by atoms with Crippen molar-refractivity contribution in [1.82, 2.24) is 5.32 Å². The van der Waals surface area contributed by atoms with Crippen molar-refractivity contribution in [2.75, 3.05) is 13.1 Å². The SMILES string of the molecule is CC(C)(C)c1cc(C(C(C)(C)C)C(C(=O)NCCN)(c2ccc(O)c(C(C)(C)C)c2)C(C)(C)C)ccc1O. The van der Waals surface area contributed by atoms with Crippen LogP contribution >= 0.6 is 0 Å². The molecule has 5 nitrogen and oxygen atoms in total. The average molecular weight is 525 g/mol. The second-order valence-electron chi connectivity index (χ2n) is 14.9. The summed E-state index contributed by atoms with van der Waals surface area (Å²) in [6.45, 7) is 26.0. The lowest BCUT2D eigenvalue weighted by Gasteiger charge is -2.54. The van der Waals surface area contributed by atoms with E-state index in [9.17, 15) is 15.0 Å². The normalized spacial score (nSPS) is 15.6. The maximum atomic E-state index is 14.6. The highest BCUT2D eigenvalue weighted by atomic mass is 16.3. The lowest BCUT2D eigenvalue weighted by atomic mass is 9.49. The van der Waals surface area contributed by atoms with E-state index in [-0.39, 0.29) is 39.6 Å². The minimum absolute atomic E-state index is 0.0914. The summed E-state index contributed by atoms with van der Waals surface area (Å²) in [5.74, 6) is 0.0963. The van der Waals surface area contributed by atoms with Gasteiger partial charge >= 0.3 is 0 Å². The van der Waals surface area contributed by atoms with Crippen LogP contribution in [0, 0.1) is 10.8 Å². The molecule has 2 aromatic rings. The second-order valence-corrected chi connectivity index (χ2v) is 14.9. The molecule has 0 aliphatic heterocycles. The van der Waals surface area contributed by atoms with E-state index in [0.29, 0.717) is 13.1 Å². The van der Waals surface area contributed by atoms with Gasteiger partial charge in [0.25, 0.3) is 0 Å². The summed E-state index contributed by atoms with van der Waals surface area (Å²) in [7, 11) is 0. The maximum absolute atomic E-state index is 14.6. The number of rotatable bonds is 6. The van der Waals surface area contributed by atoms with Gasteiger partial charge < -0.3 is 21.3 Å². The number of hydrogen-bond acceptors (Lipinski definition) is 4. The van der Waals surface area contributed by atoms with Crippen LogP contribution in [0.5, 0.6) is 11.5 Å². The summed E-state index contributed by atoms with van der Waals surface area (Å²) in [6, 6.07) is 11.4. The second kappa shape index (κ2) is 10.6. The molecular weight excluding hydrogens is 472 g/mol. The molecule has 2 rings (SSSR count).